The molecule has 1 heterocycles. The van der Waals surface area contributed by atoms with Gasteiger partial charge in [-0.3, -0.25) is 9.69 Å². The summed E-state index contributed by atoms with van der Waals surface area (Å²) < 4.78 is 6.27. The molecule has 7 heteroatoms. The summed E-state index contributed by atoms with van der Waals surface area (Å²) in [4.78, 5) is 28.0. The lowest BCUT2D eigenvalue weighted by molar-refractivity contribution is -0.00984. The minimum atomic E-state index is -0.596. The summed E-state index contributed by atoms with van der Waals surface area (Å²) in [5, 5.41) is 9.62. The van der Waals surface area contributed by atoms with Gasteiger partial charge in [0.25, 0.3) is 5.91 Å². The van der Waals surface area contributed by atoms with Crippen LogP contribution >= 0.6 is 15.9 Å². The van der Waals surface area contributed by atoms with Crippen molar-refractivity contribution < 1.29 is 19.4 Å². The summed E-state index contributed by atoms with van der Waals surface area (Å²) in [6.07, 6.45) is -0.461. The Morgan fingerprint density at radius 2 is 1.88 bits per heavy atom. The second-order valence-corrected chi connectivity index (χ2v) is 7.68. The number of carbonyl (C=O) groups excluding carboxylic acids is 2. The first-order chi connectivity index (χ1) is 11.2. The summed E-state index contributed by atoms with van der Waals surface area (Å²) in [6, 6.07) is 6.66. The molecule has 1 saturated heterocycles. The lowest BCUT2D eigenvalue weighted by Gasteiger charge is -2.41. The summed E-state index contributed by atoms with van der Waals surface area (Å²) in [5.74, 6) is -0.107. The third kappa shape index (κ3) is 4.70. The van der Waals surface area contributed by atoms with Crippen LogP contribution in [0.2, 0.25) is 0 Å². The van der Waals surface area contributed by atoms with Gasteiger partial charge in [-0.15, -0.1) is 0 Å². The maximum Gasteiger partial charge on any atom is 0.410 e. The van der Waals surface area contributed by atoms with Crippen molar-refractivity contribution in [2.45, 2.75) is 32.4 Å². The molecule has 2 amide bonds. The molecule has 1 unspecified atom stereocenters. The van der Waals surface area contributed by atoms with Crippen LogP contribution in [0.15, 0.2) is 28.7 Å². The second kappa shape index (κ2) is 7.53. The van der Waals surface area contributed by atoms with Gasteiger partial charge >= 0.3 is 6.09 Å². The summed E-state index contributed by atoms with van der Waals surface area (Å²) >= 11 is 3.34. The first kappa shape index (κ1) is 18.7. The molecule has 1 N–H and O–H groups in total. The van der Waals surface area contributed by atoms with Crippen molar-refractivity contribution in [1.82, 2.24) is 9.80 Å². The Balaban J connectivity index is 2.05. The molecule has 6 nitrogen and oxygen atoms in total. The molecule has 1 aromatic carbocycles. The molecule has 1 aliphatic rings. The normalized spacial score (nSPS) is 18.5. The fourth-order valence-corrected chi connectivity index (χ4v) is 2.80. The number of ether oxygens (including phenoxy) is 1. The average molecular weight is 399 g/mol. The van der Waals surface area contributed by atoms with E-state index < -0.39 is 17.7 Å². The van der Waals surface area contributed by atoms with Crippen LogP contribution in [0, 0.1) is 0 Å². The van der Waals surface area contributed by atoms with Gasteiger partial charge in [-0.25, -0.2) is 4.79 Å². The number of carbonyl (C=O) groups is 2. The van der Waals surface area contributed by atoms with Gasteiger partial charge in [-0.2, -0.15) is 0 Å². The molecule has 0 spiro atoms. The van der Waals surface area contributed by atoms with Gasteiger partial charge in [0.05, 0.1) is 12.6 Å². The van der Waals surface area contributed by atoms with E-state index in [2.05, 4.69) is 15.9 Å². The van der Waals surface area contributed by atoms with Crippen LogP contribution in [0.1, 0.15) is 31.1 Å². The lowest BCUT2D eigenvalue weighted by Crippen LogP contribution is -2.58. The topological polar surface area (TPSA) is 70.1 Å². The first-order valence-electron chi connectivity index (χ1n) is 7.86. The van der Waals surface area contributed by atoms with Gasteiger partial charge in [0.2, 0.25) is 0 Å². The Kier molecular flexibility index (Phi) is 5.87. The van der Waals surface area contributed by atoms with Crippen molar-refractivity contribution in [1.29, 1.82) is 0 Å². The number of nitrogens with zero attached hydrogens (tertiary/aromatic N) is 2. The number of benzene rings is 1. The van der Waals surface area contributed by atoms with Crippen LogP contribution in [0.25, 0.3) is 0 Å². The molecular formula is C17H23BrN2O4. The Hall–Kier alpha value is -1.60. The van der Waals surface area contributed by atoms with Gasteiger partial charge in [0.15, 0.2) is 0 Å². The maximum absolute atomic E-state index is 12.6. The van der Waals surface area contributed by atoms with E-state index >= 15 is 0 Å². The van der Waals surface area contributed by atoms with Crippen molar-refractivity contribution >= 4 is 27.9 Å². The van der Waals surface area contributed by atoms with Gasteiger partial charge in [0, 0.05) is 29.7 Å². The Bertz CT molecular complexity index is 598. The van der Waals surface area contributed by atoms with E-state index in [0.29, 0.717) is 18.7 Å². The third-order valence-electron chi connectivity index (χ3n) is 3.70. The highest BCUT2D eigenvalue weighted by atomic mass is 79.9. The number of hydrogen-bond donors (Lipinski definition) is 1. The molecular weight excluding hydrogens is 376 g/mol. The van der Waals surface area contributed by atoms with Gasteiger partial charge < -0.3 is 14.7 Å². The van der Waals surface area contributed by atoms with Gasteiger partial charge in [-0.1, -0.05) is 15.9 Å². The van der Waals surface area contributed by atoms with E-state index in [4.69, 9.17) is 4.74 Å². The predicted octanol–water partition coefficient (Wildman–Crippen LogP) is 2.50. The molecule has 0 aliphatic carbocycles. The number of halogens is 1. The van der Waals surface area contributed by atoms with Crippen LogP contribution in [-0.2, 0) is 4.74 Å². The highest BCUT2D eigenvalue weighted by molar-refractivity contribution is 9.10. The standard InChI is InChI=1S/C17H23BrN2O4/c1-17(2,3)24-16(23)20-9-8-19(10-14(20)11-21)15(22)12-4-6-13(18)7-5-12/h4-7,14,21H,8-11H2,1-3H3. The SMILES string of the molecule is CC(C)(C)OC(=O)N1CCN(C(=O)c2ccc(Br)cc2)CC1CO. The van der Waals surface area contributed by atoms with Crippen molar-refractivity contribution in [3.63, 3.8) is 0 Å². The summed E-state index contributed by atoms with van der Waals surface area (Å²) in [5.41, 5.74) is -0.0119. The van der Waals surface area contributed by atoms with Gasteiger partial charge in [0.1, 0.15) is 5.60 Å². The molecule has 24 heavy (non-hydrogen) atoms. The molecule has 0 saturated carbocycles. The van der Waals surface area contributed by atoms with Crippen LogP contribution in [0.4, 0.5) is 4.79 Å². The van der Waals surface area contributed by atoms with E-state index in [1.165, 1.54) is 4.90 Å². The van der Waals surface area contributed by atoms with Crippen LogP contribution < -0.4 is 0 Å². The van der Waals surface area contributed by atoms with Crippen molar-refractivity contribution in [2.24, 2.45) is 0 Å². The second-order valence-electron chi connectivity index (χ2n) is 6.77. The molecule has 132 valence electrons. The summed E-state index contributed by atoms with van der Waals surface area (Å²) in [7, 11) is 0. The monoisotopic (exact) mass is 398 g/mol. The van der Waals surface area contributed by atoms with E-state index in [-0.39, 0.29) is 19.1 Å². The Morgan fingerprint density at radius 1 is 1.25 bits per heavy atom. The van der Waals surface area contributed by atoms with Gasteiger partial charge in [-0.05, 0) is 45.0 Å². The maximum atomic E-state index is 12.6. The molecule has 0 aromatic heterocycles. The molecule has 1 fully saturated rings. The molecule has 1 aromatic rings. The fraction of sp³-hybridized carbons (Fsp3) is 0.529. The van der Waals surface area contributed by atoms with E-state index in [1.807, 2.05) is 12.1 Å². The average Bonchev–Trinajstić information content (AvgIpc) is 2.52. The number of piperazine rings is 1. The zero-order valence-electron chi connectivity index (χ0n) is 14.2. The van der Waals surface area contributed by atoms with E-state index in [9.17, 15) is 14.7 Å². The number of aliphatic hydroxyl groups is 1. The third-order valence-corrected chi connectivity index (χ3v) is 4.23. The first-order valence-corrected chi connectivity index (χ1v) is 8.66. The molecule has 1 aliphatic heterocycles. The molecule has 0 radical (unpaired) electrons. The number of rotatable bonds is 2. The summed E-state index contributed by atoms with van der Waals surface area (Å²) in [6.45, 7) is 6.20. The fourth-order valence-electron chi connectivity index (χ4n) is 2.53. The molecule has 0 bridgehead atoms. The van der Waals surface area contributed by atoms with Crippen LogP contribution in [0.3, 0.4) is 0 Å². The van der Waals surface area contributed by atoms with E-state index in [1.54, 1.807) is 37.8 Å². The van der Waals surface area contributed by atoms with Crippen molar-refractivity contribution in [3.8, 4) is 0 Å². The predicted molar refractivity (Wildman–Crippen MR) is 93.9 cm³/mol. The zero-order valence-corrected chi connectivity index (χ0v) is 15.7. The van der Waals surface area contributed by atoms with Crippen molar-refractivity contribution in [2.75, 3.05) is 26.2 Å². The molecule has 2 rings (SSSR count). The smallest absolute Gasteiger partial charge is 0.410 e. The van der Waals surface area contributed by atoms with Crippen LogP contribution in [0.5, 0.6) is 0 Å². The minimum Gasteiger partial charge on any atom is -0.444 e. The highest BCUT2D eigenvalue weighted by Crippen LogP contribution is 2.18. The number of amides is 2. The van der Waals surface area contributed by atoms with Crippen LogP contribution in [-0.4, -0.2) is 64.8 Å². The lowest BCUT2D eigenvalue weighted by atomic mass is 10.1. The Labute approximate surface area is 150 Å². The number of hydrogen-bond acceptors (Lipinski definition) is 4. The Morgan fingerprint density at radius 3 is 2.42 bits per heavy atom. The minimum absolute atomic E-state index is 0.107. The van der Waals surface area contributed by atoms with Crippen molar-refractivity contribution in [3.05, 3.63) is 34.3 Å². The largest absolute Gasteiger partial charge is 0.444 e. The molecule has 1 atom stereocenters. The van der Waals surface area contributed by atoms with E-state index in [0.717, 1.165) is 4.47 Å². The highest BCUT2D eigenvalue weighted by Gasteiger charge is 2.34. The zero-order chi connectivity index (χ0) is 17.9. The number of aliphatic hydroxyl groups excluding tert-OH is 1. The quantitative estimate of drug-likeness (QED) is 0.830.